The maximum atomic E-state index is 8.33. The fourth-order valence-corrected chi connectivity index (χ4v) is 3.00. The van der Waals surface area contributed by atoms with Gasteiger partial charge in [-0.3, -0.25) is 0 Å². The highest BCUT2D eigenvalue weighted by Gasteiger charge is 2.09. The van der Waals surface area contributed by atoms with Crippen LogP contribution in [0.15, 0.2) is 42.4 Å². The Morgan fingerprint density at radius 1 is 1.05 bits per heavy atom. The van der Waals surface area contributed by atoms with Gasteiger partial charge < -0.3 is 24.6 Å². The van der Waals surface area contributed by atoms with Gasteiger partial charge in [-0.2, -0.15) is 0 Å². The molecule has 0 aliphatic rings. The molecule has 1 aromatic heterocycles. The first kappa shape index (κ1) is 43.3. The van der Waals surface area contributed by atoms with Crippen molar-refractivity contribution in [2.24, 2.45) is 0 Å². The molecule has 0 spiro atoms. The topological polar surface area (TPSA) is 49.7 Å². The third-order valence-electron chi connectivity index (χ3n) is 4.51. The molecule has 5 nitrogen and oxygen atoms in total. The fraction of sp³-hybridized carbons (Fsp3) is 0.656. The summed E-state index contributed by atoms with van der Waals surface area (Å²) in [4.78, 5) is 2.77. The second kappa shape index (κ2) is 33.3. The Morgan fingerprint density at radius 3 is 2.11 bits per heavy atom. The highest BCUT2D eigenvalue weighted by atomic mass is 32.1. The lowest BCUT2D eigenvalue weighted by molar-refractivity contribution is 0.130. The molecule has 0 saturated carbocycles. The van der Waals surface area contributed by atoms with Gasteiger partial charge in [-0.25, -0.2) is 0 Å². The van der Waals surface area contributed by atoms with Crippen molar-refractivity contribution < 1.29 is 9.84 Å². The summed E-state index contributed by atoms with van der Waals surface area (Å²) in [6, 6.07) is 0. The number of likely N-dealkylation sites (N-methyl/N-ethyl adjacent to an activating group) is 1. The summed E-state index contributed by atoms with van der Waals surface area (Å²) in [7, 11) is 1.98. The normalized spacial score (nSPS) is 9.53. The molecule has 0 aliphatic heterocycles. The first-order valence-electron chi connectivity index (χ1n) is 14.6. The molecule has 0 amide bonds. The Morgan fingerprint density at radius 2 is 1.66 bits per heavy atom. The number of unbranched alkanes of at least 4 members (excludes halogenated alkanes) is 1. The molecule has 1 heterocycles. The van der Waals surface area contributed by atoms with E-state index in [1.54, 1.807) is 0 Å². The molecule has 2 N–H and O–H groups in total. The highest BCUT2D eigenvalue weighted by Crippen LogP contribution is 2.15. The minimum absolute atomic E-state index is 0.268. The molecule has 0 fully saturated rings. The van der Waals surface area contributed by atoms with Gasteiger partial charge in [-0.15, -0.1) is 0 Å². The minimum atomic E-state index is 0.268. The quantitative estimate of drug-likeness (QED) is 0.137. The molecule has 1 aromatic rings. The number of hydrogen-bond acceptors (Lipinski definition) is 4. The molecule has 0 atom stereocenters. The lowest BCUT2D eigenvalue weighted by Gasteiger charge is -2.09. The average molecular weight is 554 g/mol. The number of aromatic nitrogens is 1. The van der Waals surface area contributed by atoms with Crippen LogP contribution >= 0.6 is 12.2 Å². The molecule has 0 saturated heterocycles. The number of aliphatic hydroxyl groups excluding tert-OH is 1. The number of aliphatic hydroxyl groups is 1. The summed E-state index contributed by atoms with van der Waals surface area (Å²) in [5.41, 5.74) is 4.29. The van der Waals surface area contributed by atoms with Gasteiger partial charge in [0.25, 0.3) is 0 Å². The molecule has 0 radical (unpaired) electrons. The standard InChI is InChI=1S/C21H32N2OS.C5H13NO.3C2H6/c1-6-13-24-14-8-7-12-23-15-19(11-9-10-17(2)3)20(16-23)21(25)22-18(4)5;1-3-6(2)4-5-7;3*1-2/h9-11,15-16H,4,6-8,12-14H2,1-3,5H3,(H,22,25);7H,3-5H2,1-2H3;3*1-2H3/b11-9-;;;;. The Balaban J connectivity index is -0.000000374. The number of nitrogens with zero attached hydrogens (tertiary/aromatic N) is 2. The first-order valence-corrected chi connectivity index (χ1v) is 15.0. The van der Waals surface area contributed by atoms with Crippen LogP contribution in [0.2, 0.25) is 0 Å². The number of aryl methyl sites for hydroxylation is 1. The van der Waals surface area contributed by atoms with Crippen LogP contribution in [-0.4, -0.2) is 59.5 Å². The third-order valence-corrected chi connectivity index (χ3v) is 4.83. The van der Waals surface area contributed by atoms with E-state index < -0.39 is 0 Å². The predicted molar refractivity (Wildman–Crippen MR) is 177 cm³/mol. The molecule has 38 heavy (non-hydrogen) atoms. The molecule has 0 aliphatic carbocycles. The van der Waals surface area contributed by atoms with E-state index >= 15 is 0 Å². The molecular weight excluding hydrogens is 490 g/mol. The van der Waals surface area contributed by atoms with Crippen molar-refractivity contribution >= 4 is 23.3 Å². The summed E-state index contributed by atoms with van der Waals surface area (Å²) < 4.78 is 7.75. The van der Waals surface area contributed by atoms with Crippen LogP contribution in [0.1, 0.15) is 107 Å². The Bertz CT molecular complexity index is 720. The largest absolute Gasteiger partial charge is 0.395 e. The molecular formula is C32H63N3O2S. The second-order valence-electron chi connectivity index (χ2n) is 8.14. The number of rotatable bonds is 14. The summed E-state index contributed by atoms with van der Waals surface area (Å²) >= 11 is 5.53. The van der Waals surface area contributed by atoms with Gasteiger partial charge in [0.15, 0.2) is 0 Å². The Kier molecular flexibility index (Phi) is 38.0. The molecule has 0 aromatic carbocycles. The third kappa shape index (κ3) is 27.3. The SMILES string of the molecule is C=C(C)NC(=S)c1cn(CCCCOCCC)cc1/C=C\C=C(C)C.CC.CC.CC.CCN(C)CCO. The number of ether oxygens (including phenoxy) is 1. The van der Waals surface area contributed by atoms with Crippen LogP contribution in [0, 0.1) is 0 Å². The summed E-state index contributed by atoms with van der Waals surface area (Å²) in [6.45, 7) is 30.9. The van der Waals surface area contributed by atoms with Gasteiger partial charge >= 0.3 is 0 Å². The average Bonchev–Trinajstić information content (AvgIpc) is 3.32. The van der Waals surface area contributed by atoms with E-state index in [4.69, 9.17) is 22.1 Å². The van der Waals surface area contributed by atoms with Gasteiger partial charge in [0.05, 0.1) is 6.61 Å². The lowest BCUT2D eigenvalue weighted by atomic mass is 10.1. The van der Waals surface area contributed by atoms with Crippen molar-refractivity contribution in [2.75, 3.05) is 40.0 Å². The van der Waals surface area contributed by atoms with E-state index in [0.29, 0.717) is 0 Å². The minimum Gasteiger partial charge on any atom is -0.395 e. The predicted octanol–water partition coefficient (Wildman–Crippen LogP) is 8.48. The molecule has 0 unspecified atom stereocenters. The second-order valence-corrected chi connectivity index (χ2v) is 8.55. The van der Waals surface area contributed by atoms with Crippen molar-refractivity contribution in [1.29, 1.82) is 0 Å². The number of hydrogen-bond donors (Lipinski definition) is 2. The number of thiocarbonyl (C=S) groups is 1. The summed E-state index contributed by atoms with van der Waals surface area (Å²) in [5, 5.41) is 11.5. The van der Waals surface area contributed by atoms with Crippen LogP contribution < -0.4 is 5.32 Å². The van der Waals surface area contributed by atoms with Crippen molar-refractivity contribution in [1.82, 2.24) is 14.8 Å². The van der Waals surface area contributed by atoms with Gasteiger partial charge in [0.2, 0.25) is 0 Å². The van der Waals surface area contributed by atoms with E-state index in [-0.39, 0.29) is 6.61 Å². The van der Waals surface area contributed by atoms with Crippen molar-refractivity contribution in [3.05, 3.63) is 53.5 Å². The van der Waals surface area contributed by atoms with E-state index in [1.807, 2.05) is 55.5 Å². The van der Waals surface area contributed by atoms with Gasteiger partial charge in [-0.05, 0) is 53.6 Å². The van der Waals surface area contributed by atoms with Crippen molar-refractivity contribution in [2.45, 2.75) is 102 Å². The zero-order valence-corrected chi connectivity index (χ0v) is 27.9. The van der Waals surface area contributed by atoms with Crippen molar-refractivity contribution in [3.8, 4) is 0 Å². The fourth-order valence-electron chi connectivity index (χ4n) is 2.66. The van der Waals surface area contributed by atoms with E-state index in [1.165, 1.54) is 5.57 Å². The van der Waals surface area contributed by atoms with Crippen LogP contribution in [-0.2, 0) is 11.3 Å². The Hall–Kier alpha value is -1.73. The first-order chi connectivity index (χ1) is 18.2. The summed E-state index contributed by atoms with van der Waals surface area (Å²) in [5.74, 6) is 0. The summed E-state index contributed by atoms with van der Waals surface area (Å²) in [6.07, 6.45) is 13.8. The monoisotopic (exact) mass is 553 g/mol. The molecule has 224 valence electrons. The number of nitrogens with one attached hydrogen (secondary N) is 1. The lowest BCUT2D eigenvalue weighted by Crippen LogP contribution is -2.20. The maximum Gasteiger partial charge on any atom is 0.112 e. The smallest absolute Gasteiger partial charge is 0.112 e. The van der Waals surface area contributed by atoms with Crippen molar-refractivity contribution in [3.63, 3.8) is 0 Å². The van der Waals surface area contributed by atoms with Gasteiger partial charge in [-0.1, -0.05) is 98.0 Å². The molecule has 0 bridgehead atoms. The van der Waals surface area contributed by atoms with Crippen LogP contribution in [0.4, 0.5) is 0 Å². The van der Waals surface area contributed by atoms with Gasteiger partial charge in [0.1, 0.15) is 4.99 Å². The van der Waals surface area contributed by atoms with Crippen LogP contribution in [0.5, 0.6) is 0 Å². The van der Waals surface area contributed by atoms with Crippen LogP contribution in [0.25, 0.3) is 6.08 Å². The highest BCUT2D eigenvalue weighted by molar-refractivity contribution is 7.80. The van der Waals surface area contributed by atoms with Gasteiger partial charge in [0, 0.05) is 55.5 Å². The van der Waals surface area contributed by atoms with E-state index in [0.717, 1.165) is 73.9 Å². The Labute approximate surface area is 243 Å². The zero-order valence-electron chi connectivity index (χ0n) is 27.1. The molecule has 6 heteroatoms. The maximum absolute atomic E-state index is 8.33. The molecule has 1 rings (SSSR count). The van der Waals surface area contributed by atoms with Crippen LogP contribution in [0.3, 0.4) is 0 Å². The zero-order chi connectivity index (χ0) is 30.4. The van der Waals surface area contributed by atoms with E-state index in [2.05, 4.69) is 79.7 Å². The van der Waals surface area contributed by atoms with E-state index in [9.17, 15) is 0 Å². The number of allylic oxidation sites excluding steroid dienone is 4.